The monoisotopic (exact) mass is 338 g/mol. The molecule has 1 unspecified atom stereocenters. The van der Waals surface area contributed by atoms with Gasteiger partial charge in [0.2, 0.25) is 11.8 Å². The molecule has 2 aromatic carbocycles. The molecule has 1 atom stereocenters. The van der Waals surface area contributed by atoms with E-state index in [1.807, 2.05) is 55.5 Å². The van der Waals surface area contributed by atoms with E-state index in [9.17, 15) is 9.59 Å². The van der Waals surface area contributed by atoms with Crippen LogP contribution in [0.4, 0.5) is 5.69 Å². The largest absolute Gasteiger partial charge is 0.497 e. The summed E-state index contributed by atoms with van der Waals surface area (Å²) in [5, 5.41) is 2.95. The summed E-state index contributed by atoms with van der Waals surface area (Å²) in [5.41, 5.74) is 2.87. The highest BCUT2D eigenvalue weighted by Crippen LogP contribution is 2.32. The summed E-state index contributed by atoms with van der Waals surface area (Å²) in [6, 6.07) is 14.8. The minimum Gasteiger partial charge on any atom is -0.497 e. The summed E-state index contributed by atoms with van der Waals surface area (Å²) in [4.78, 5) is 26.7. The molecule has 2 aromatic rings. The van der Waals surface area contributed by atoms with Crippen LogP contribution in [0.1, 0.15) is 24.5 Å². The van der Waals surface area contributed by atoms with Crippen LogP contribution >= 0.6 is 0 Å². The maximum absolute atomic E-state index is 12.7. The van der Waals surface area contributed by atoms with Crippen molar-refractivity contribution in [1.82, 2.24) is 5.32 Å². The zero-order valence-corrected chi connectivity index (χ0v) is 14.5. The summed E-state index contributed by atoms with van der Waals surface area (Å²) in [5.74, 6) is 0.615. The van der Waals surface area contributed by atoms with Crippen molar-refractivity contribution in [3.05, 3.63) is 59.7 Å². The molecule has 0 bridgehead atoms. The van der Waals surface area contributed by atoms with Gasteiger partial charge in [0.15, 0.2) is 0 Å². The maximum Gasteiger partial charge on any atom is 0.243 e. The van der Waals surface area contributed by atoms with Gasteiger partial charge in [-0.2, -0.15) is 0 Å². The first-order valence-corrected chi connectivity index (χ1v) is 8.44. The molecule has 0 aromatic heterocycles. The lowest BCUT2D eigenvalue weighted by molar-refractivity contribution is -0.126. The molecule has 1 N–H and O–H groups in total. The van der Waals surface area contributed by atoms with E-state index in [0.717, 1.165) is 22.6 Å². The highest BCUT2D eigenvalue weighted by atomic mass is 16.5. The molecule has 5 heteroatoms. The molecule has 1 aliphatic heterocycles. The number of benzene rings is 2. The van der Waals surface area contributed by atoms with E-state index in [1.54, 1.807) is 12.0 Å². The number of amides is 2. The summed E-state index contributed by atoms with van der Waals surface area (Å²) in [6.45, 7) is 2.24. The Hall–Kier alpha value is -2.82. The number of nitrogens with one attached hydrogen (secondary N) is 1. The van der Waals surface area contributed by atoms with Crippen LogP contribution in [0, 0.1) is 0 Å². The first-order chi connectivity index (χ1) is 12.1. The second-order valence-corrected chi connectivity index (χ2v) is 6.03. The van der Waals surface area contributed by atoms with Crippen molar-refractivity contribution in [3.8, 4) is 5.75 Å². The number of rotatable bonds is 5. The molecule has 0 saturated carbocycles. The second kappa shape index (κ2) is 7.38. The number of hydrogen-bond acceptors (Lipinski definition) is 3. The number of ether oxygens (including phenoxy) is 1. The minimum absolute atomic E-state index is 0.0328. The number of nitrogens with zero attached hydrogens (tertiary/aromatic N) is 1. The van der Waals surface area contributed by atoms with Crippen molar-refractivity contribution >= 4 is 17.5 Å². The molecule has 3 rings (SSSR count). The van der Waals surface area contributed by atoms with Crippen molar-refractivity contribution in [1.29, 1.82) is 0 Å². The molecule has 0 aliphatic carbocycles. The van der Waals surface area contributed by atoms with Crippen molar-refractivity contribution in [2.45, 2.75) is 32.4 Å². The fraction of sp³-hybridized carbons (Fsp3) is 0.300. The fourth-order valence-electron chi connectivity index (χ4n) is 3.12. The molecule has 1 heterocycles. The zero-order valence-electron chi connectivity index (χ0n) is 14.5. The van der Waals surface area contributed by atoms with Crippen molar-refractivity contribution in [2.75, 3.05) is 12.0 Å². The van der Waals surface area contributed by atoms with Gasteiger partial charge in [0.1, 0.15) is 11.8 Å². The van der Waals surface area contributed by atoms with Gasteiger partial charge in [-0.15, -0.1) is 0 Å². The van der Waals surface area contributed by atoms with Gasteiger partial charge < -0.3 is 10.1 Å². The number of anilines is 1. The van der Waals surface area contributed by atoms with E-state index in [2.05, 4.69) is 5.32 Å². The topological polar surface area (TPSA) is 58.6 Å². The van der Waals surface area contributed by atoms with Crippen molar-refractivity contribution in [3.63, 3.8) is 0 Å². The molecule has 5 nitrogen and oxygen atoms in total. The lowest BCUT2D eigenvalue weighted by Gasteiger charge is -2.24. The smallest absolute Gasteiger partial charge is 0.243 e. The Morgan fingerprint density at radius 3 is 2.56 bits per heavy atom. The number of methoxy groups -OCH3 is 1. The Balaban J connectivity index is 1.71. The maximum atomic E-state index is 12.7. The third kappa shape index (κ3) is 3.50. The Morgan fingerprint density at radius 2 is 1.88 bits per heavy atom. The Bertz CT molecular complexity index is 771. The van der Waals surface area contributed by atoms with Gasteiger partial charge in [0.05, 0.1) is 7.11 Å². The number of hydrogen-bond donors (Lipinski definition) is 1. The molecule has 2 amide bonds. The summed E-state index contributed by atoms with van der Waals surface area (Å²) in [7, 11) is 1.62. The van der Waals surface area contributed by atoms with Gasteiger partial charge >= 0.3 is 0 Å². The Labute approximate surface area is 147 Å². The van der Waals surface area contributed by atoms with Gasteiger partial charge in [-0.25, -0.2) is 0 Å². The standard InChI is InChI=1S/C20H22N2O3/c1-3-19(23)22-17-7-5-4-6-15(17)12-18(22)20(24)21-13-14-8-10-16(25-2)11-9-14/h4-11,18H,3,12-13H2,1-2H3,(H,21,24). The van der Waals surface area contributed by atoms with Crippen LogP contribution in [0.15, 0.2) is 48.5 Å². The number of carbonyl (C=O) groups is 2. The molecule has 1 aliphatic rings. The quantitative estimate of drug-likeness (QED) is 0.912. The summed E-state index contributed by atoms with van der Waals surface area (Å²) < 4.78 is 5.13. The van der Waals surface area contributed by atoms with Gasteiger partial charge in [-0.05, 0) is 29.3 Å². The molecular weight excluding hydrogens is 316 g/mol. The first-order valence-electron chi connectivity index (χ1n) is 8.44. The number of para-hydroxylation sites is 1. The van der Waals surface area contributed by atoms with E-state index in [-0.39, 0.29) is 11.8 Å². The van der Waals surface area contributed by atoms with Crippen LogP contribution < -0.4 is 15.0 Å². The van der Waals surface area contributed by atoms with Crippen LogP contribution in [0.5, 0.6) is 5.75 Å². The van der Waals surface area contributed by atoms with E-state index in [0.29, 0.717) is 19.4 Å². The summed E-state index contributed by atoms with van der Waals surface area (Å²) in [6.07, 6.45) is 0.924. The lowest BCUT2D eigenvalue weighted by atomic mass is 10.1. The molecule has 0 spiro atoms. The first kappa shape index (κ1) is 17.0. The van der Waals surface area contributed by atoms with Gasteiger partial charge in [0.25, 0.3) is 0 Å². The van der Waals surface area contributed by atoms with Crippen LogP contribution in [0.2, 0.25) is 0 Å². The molecule has 0 radical (unpaired) electrons. The minimum atomic E-state index is -0.483. The molecule has 0 fully saturated rings. The predicted octanol–water partition coefficient (Wildman–Crippen LogP) is 2.68. The Kier molecular flexibility index (Phi) is 5.03. The third-order valence-electron chi connectivity index (χ3n) is 4.48. The predicted molar refractivity (Wildman–Crippen MR) is 96.6 cm³/mol. The van der Waals surface area contributed by atoms with E-state index >= 15 is 0 Å². The lowest BCUT2D eigenvalue weighted by Crippen LogP contribution is -2.47. The number of fused-ring (bicyclic) bond motifs is 1. The van der Waals surface area contributed by atoms with Gasteiger partial charge in [-0.1, -0.05) is 37.3 Å². The average Bonchev–Trinajstić information content (AvgIpc) is 3.05. The average molecular weight is 338 g/mol. The second-order valence-electron chi connectivity index (χ2n) is 6.03. The Morgan fingerprint density at radius 1 is 1.16 bits per heavy atom. The third-order valence-corrected chi connectivity index (χ3v) is 4.48. The highest BCUT2D eigenvalue weighted by Gasteiger charge is 2.37. The van der Waals surface area contributed by atoms with E-state index in [4.69, 9.17) is 4.74 Å². The van der Waals surface area contributed by atoms with E-state index in [1.165, 1.54) is 0 Å². The SMILES string of the molecule is CCC(=O)N1c2ccccc2CC1C(=O)NCc1ccc(OC)cc1. The fourth-order valence-corrected chi connectivity index (χ4v) is 3.12. The molecule has 25 heavy (non-hydrogen) atoms. The molecular formula is C20H22N2O3. The van der Waals surface area contributed by atoms with Crippen LogP contribution in [-0.2, 0) is 22.6 Å². The summed E-state index contributed by atoms with van der Waals surface area (Å²) >= 11 is 0. The van der Waals surface area contributed by atoms with E-state index < -0.39 is 6.04 Å². The molecule has 0 saturated heterocycles. The van der Waals surface area contributed by atoms with Crippen LogP contribution in [0.25, 0.3) is 0 Å². The van der Waals surface area contributed by atoms with Gasteiger partial charge in [0, 0.05) is 25.1 Å². The number of carbonyl (C=O) groups excluding carboxylic acids is 2. The van der Waals surface area contributed by atoms with Gasteiger partial charge in [-0.3, -0.25) is 14.5 Å². The zero-order chi connectivity index (χ0) is 17.8. The van der Waals surface area contributed by atoms with Crippen LogP contribution in [-0.4, -0.2) is 25.0 Å². The highest BCUT2D eigenvalue weighted by molar-refractivity contribution is 6.03. The molecule has 130 valence electrons. The normalized spacial score (nSPS) is 15.6. The van der Waals surface area contributed by atoms with Crippen molar-refractivity contribution < 1.29 is 14.3 Å². The van der Waals surface area contributed by atoms with Crippen molar-refractivity contribution in [2.24, 2.45) is 0 Å². The van der Waals surface area contributed by atoms with Crippen LogP contribution in [0.3, 0.4) is 0 Å².